The zero-order valence-corrected chi connectivity index (χ0v) is 15.6. The number of carbonyl (C=O) groups excluding carboxylic acids is 1. The predicted molar refractivity (Wildman–Crippen MR) is 98.4 cm³/mol. The van der Waals surface area contributed by atoms with Gasteiger partial charge in [0.1, 0.15) is 11.3 Å². The molecule has 0 amide bonds. The van der Waals surface area contributed by atoms with Gasteiger partial charge in [-0.05, 0) is 45.0 Å². The van der Waals surface area contributed by atoms with Gasteiger partial charge in [-0.25, -0.2) is 23.1 Å². The Morgan fingerprint density at radius 3 is 2.50 bits per heavy atom. The largest absolute Gasteiger partial charge is 0.309 e. The molecular weight excluding hydrogens is 352 g/mol. The average Bonchev–Trinajstić information content (AvgIpc) is 2.99. The first-order valence-corrected chi connectivity index (χ1v) is 9.70. The van der Waals surface area contributed by atoms with E-state index in [2.05, 4.69) is 14.7 Å². The Hall–Kier alpha value is -2.58. The van der Waals surface area contributed by atoms with Gasteiger partial charge in [0.05, 0.1) is 11.4 Å². The van der Waals surface area contributed by atoms with E-state index in [-0.39, 0.29) is 23.3 Å². The third kappa shape index (κ3) is 3.51. The highest BCUT2D eigenvalue weighted by Crippen LogP contribution is 2.19. The van der Waals surface area contributed by atoms with E-state index in [0.717, 1.165) is 11.2 Å². The summed E-state index contributed by atoms with van der Waals surface area (Å²) in [6, 6.07) is 9.58. The molecule has 0 bridgehead atoms. The Balaban J connectivity index is 1.87. The van der Waals surface area contributed by atoms with E-state index in [1.54, 1.807) is 12.3 Å². The Morgan fingerprint density at radius 1 is 1.19 bits per heavy atom. The molecule has 0 unspecified atom stereocenters. The van der Waals surface area contributed by atoms with E-state index in [9.17, 15) is 13.2 Å². The Kier molecular flexibility index (Phi) is 4.88. The summed E-state index contributed by atoms with van der Waals surface area (Å²) in [6.07, 6.45) is 1.69. The monoisotopic (exact) mass is 372 g/mol. The third-order valence-electron chi connectivity index (χ3n) is 4.03. The number of imidazole rings is 1. The number of sulfonamides is 1. The minimum absolute atomic E-state index is 0.0470. The van der Waals surface area contributed by atoms with Gasteiger partial charge in [0, 0.05) is 17.8 Å². The molecule has 2 heterocycles. The summed E-state index contributed by atoms with van der Waals surface area (Å²) in [5.74, 6) is 0.484. The number of aromatic nitrogens is 3. The predicted octanol–water partition coefficient (Wildman–Crippen LogP) is 2.69. The summed E-state index contributed by atoms with van der Waals surface area (Å²) in [5.41, 5.74) is 1.92. The smallest absolute Gasteiger partial charge is 0.240 e. The van der Waals surface area contributed by atoms with Crippen LogP contribution in [0.3, 0.4) is 0 Å². The van der Waals surface area contributed by atoms with E-state index in [1.165, 1.54) is 31.2 Å². The molecule has 7 nitrogen and oxygen atoms in total. The molecule has 0 spiro atoms. The number of pyridine rings is 1. The Labute approximate surface area is 152 Å². The molecule has 8 heteroatoms. The standard InChI is InChI=1S/C18H20N4O3S/c1-12(2)22-17(21-16-5-4-10-19-18(16)22)11-20-26(24,25)15-8-6-14(7-9-15)13(3)23/h4-10,12,20H,11H2,1-3H3. The fraction of sp³-hybridized carbons (Fsp3) is 0.278. The lowest BCUT2D eigenvalue weighted by Crippen LogP contribution is -2.25. The van der Waals surface area contributed by atoms with Crippen LogP contribution in [0.15, 0.2) is 47.5 Å². The zero-order valence-electron chi connectivity index (χ0n) is 14.8. The second kappa shape index (κ2) is 6.97. The van der Waals surface area contributed by atoms with Gasteiger partial charge in [-0.15, -0.1) is 0 Å². The maximum atomic E-state index is 12.5. The molecule has 3 rings (SSSR count). The van der Waals surface area contributed by atoms with Gasteiger partial charge < -0.3 is 4.57 Å². The van der Waals surface area contributed by atoms with Crippen LogP contribution in [0.5, 0.6) is 0 Å². The van der Waals surface area contributed by atoms with Crippen molar-refractivity contribution in [3.8, 4) is 0 Å². The van der Waals surface area contributed by atoms with Gasteiger partial charge >= 0.3 is 0 Å². The van der Waals surface area contributed by atoms with Crippen molar-refractivity contribution >= 4 is 27.0 Å². The van der Waals surface area contributed by atoms with Gasteiger partial charge in [-0.3, -0.25) is 4.79 Å². The van der Waals surface area contributed by atoms with Crippen LogP contribution in [0.4, 0.5) is 0 Å². The molecule has 0 saturated heterocycles. The Bertz CT molecular complexity index is 1050. The fourth-order valence-corrected chi connectivity index (χ4v) is 3.74. The second-order valence-corrected chi connectivity index (χ2v) is 8.01. The third-order valence-corrected chi connectivity index (χ3v) is 5.45. The highest BCUT2D eigenvalue weighted by atomic mass is 32.2. The number of carbonyl (C=O) groups is 1. The van der Waals surface area contributed by atoms with Crippen LogP contribution in [0.1, 0.15) is 43.0 Å². The van der Waals surface area contributed by atoms with E-state index in [1.807, 2.05) is 24.5 Å². The van der Waals surface area contributed by atoms with Crippen molar-refractivity contribution in [2.24, 2.45) is 0 Å². The number of rotatable bonds is 6. The van der Waals surface area contributed by atoms with Crippen molar-refractivity contribution in [3.05, 3.63) is 54.0 Å². The van der Waals surface area contributed by atoms with Gasteiger partial charge in [-0.1, -0.05) is 12.1 Å². The number of hydrogen-bond donors (Lipinski definition) is 1. The lowest BCUT2D eigenvalue weighted by atomic mass is 10.2. The number of nitrogens with one attached hydrogen (secondary N) is 1. The van der Waals surface area contributed by atoms with Gasteiger partial charge in [0.25, 0.3) is 0 Å². The van der Waals surface area contributed by atoms with Crippen molar-refractivity contribution in [2.75, 3.05) is 0 Å². The summed E-state index contributed by atoms with van der Waals surface area (Å²) in [6.45, 7) is 5.47. The fourth-order valence-electron chi connectivity index (χ4n) is 2.76. The molecule has 0 atom stereocenters. The highest BCUT2D eigenvalue weighted by molar-refractivity contribution is 7.89. The number of ketones is 1. The topological polar surface area (TPSA) is 93.9 Å². The minimum atomic E-state index is -3.72. The molecule has 2 aromatic heterocycles. The molecule has 0 aliphatic heterocycles. The number of Topliss-reactive ketones (excluding diaryl/α,β-unsaturated/α-hetero) is 1. The van der Waals surface area contributed by atoms with Crippen LogP contribution in [-0.2, 0) is 16.6 Å². The highest BCUT2D eigenvalue weighted by Gasteiger charge is 2.18. The lowest BCUT2D eigenvalue weighted by molar-refractivity contribution is 0.101. The summed E-state index contributed by atoms with van der Waals surface area (Å²) in [5, 5.41) is 0. The first kappa shape index (κ1) is 18.2. The molecular formula is C18H20N4O3S. The maximum absolute atomic E-state index is 12.5. The molecule has 26 heavy (non-hydrogen) atoms. The number of fused-ring (bicyclic) bond motifs is 1. The first-order valence-electron chi connectivity index (χ1n) is 8.22. The van der Waals surface area contributed by atoms with Crippen molar-refractivity contribution in [2.45, 2.75) is 38.3 Å². The minimum Gasteiger partial charge on any atom is -0.309 e. The average molecular weight is 372 g/mol. The maximum Gasteiger partial charge on any atom is 0.240 e. The molecule has 0 fully saturated rings. The van der Waals surface area contributed by atoms with E-state index in [0.29, 0.717) is 11.4 Å². The number of benzene rings is 1. The number of hydrogen-bond acceptors (Lipinski definition) is 5. The van der Waals surface area contributed by atoms with Gasteiger partial charge in [-0.2, -0.15) is 0 Å². The van der Waals surface area contributed by atoms with Crippen molar-refractivity contribution in [1.29, 1.82) is 0 Å². The van der Waals surface area contributed by atoms with E-state index < -0.39 is 10.0 Å². The summed E-state index contributed by atoms with van der Waals surface area (Å²) in [4.78, 5) is 20.3. The van der Waals surface area contributed by atoms with Crippen LogP contribution in [-0.4, -0.2) is 28.7 Å². The molecule has 0 saturated carbocycles. The van der Waals surface area contributed by atoms with E-state index in [4.69, 9.17) is 0 Å². The molecule has 0 radical (unpaired) electrons. The van der Waals surface area contributed by atoms with Crippen LogP contribution >= 0.6 is 0 Å². The molecule has 1 aromatic carbocycles. The Morgan fingerprint density at radius 2 is 1.88 bits per heavy atom. The molecule has 3 aromatic rings. The molecule has 0 aliphatic rings. The summed E-state index contributed by atoms with van der Waals surface area (Å²) >= 11 is 0. The van der Waals surface area contributed by atoms with Crippen LogP contribution in [0.25, 0.3) is 11.2 Å². The number of nitrogens with zero attached hydrogens (tertiary/aromatic N) is 3. The van der Waals surface area contributed by atoms with Crippen molar-refractivity contribution < 1.29 is 13.2 Å². The quantitative estimate of drug-likeness (QED) is 0.672. The molecule has 1 N–H and O–H groups in total. The van der Waals surface area contributed by atoms with Crippen LogP contribution in [0, 0.1) is 0 Å². The van der Waals surface area contributed by atoms with Crippen molar-refractivity contribution in [3.63, 3.8) is 0 Å². The molecule has 0 aliphatic carbocycles. The van der Waals surface area contributed by atoms with Gasteiger partial charge in [0.2, 0.25) is 10.0 Å². The first-order chi connectivity index (χ1) is 12.3. The van der Waals surface area contributed by atoms with Crippen LogP contribution < -0.4 is 4.72 Å². The summed E-state index contributed by atoms with van der Waals surface area (Å²) in [7, 11) is -3.72. The zero-order chi connectivity index (χ0) is 18.9. The van der Waals surface area contributed by atoms with E-state index >= 15 is 0 Å². The normalized spacial score (nSPS) is 12.0. The van der Waals surface area contributed by atoms with Crippen molar-refractivity contribution in [1.82, 2.24) is 19.3 Å². The lowest BCUT2D eigenvalue weighted by Gasteiger charge is -2.13. The summed E-state index contributed by atoms with van der Waals surface area (Å²) < 4.78 is 29.6. The second-order valence-electron chi connectivity index (χ2n) is 6.24. The molecule has 136 valence electrons. The van der Waals surface area contributed by atoms with Crippen LogP contribution in [0.2, 0.25) is 0 Å². The van der Waals surface area contributed by atoms with Gasteiger partial charge in [0.15, 0.2) is 11.4 Å². The SMILES string of the molecule is CC(=O)c1ccc(S(=O)(=O)NCc2nc3cccnc3n2C(C)C)cc1.